The maximum Gasteiger partial charge on any atom is 0.317 e. The van der Waals surface area contributed by atoms with Crippen LogP contribution >= 0.6 is 0 Å². The van der Waals surface area contributed by atoms with Gasteiger partial charge in [-0.1, -0.05) is 18.2 Å². The number of hydrogen-bond donors (Lipinski definition) is 1. The number of carbonyl (C=O) groups excluding carboxylic acids is 1. The van der Waals surface area contributed by atoms with Gasteiger partial charge in [-0.2, -0.15) is 0 Å². The summed E-state index contributed by atoms with van der Waals surface area (Å²) in [6, 6.07) is 8.36. The summed E-state index contributed by atoms with van der Waals surface area (Å²) < 4.78 is 5.16. The van der Waals surface area contributed by atoms with Crippen LogP contribution in [0.1, 0.15) is 18.4 Å². The minimum Gasteiger partial charge on any atom is -0.497 e. The van der Waals surface area contributed by atoms with Crippen LogP contribution in [0.5, 0.6) is 5.75 Å². The second-order valence-corrected chi connectivity index (χ2v) is 5.02. The molecule has 0 bridgehead atoms. The van der Waals surface area contributed by atoms with Crippen molar-refractivity contribution in [1.29, 1.82) is 0 Å². The Morgan fingerprint density at radius 2 is 2.25 bits per heavy atom. The molecule has 1 saturated heterocycles. The molecule has 1 aliphatic heterocycles. The Bertz CT molecular complexity index is 456. The number of hydrogen-bond acceptors (Lipinski definition) is 2. The van der Waals surface area contributed by atoms with Crippen LogP contribution in [-0.4, -0.2) is 37.2 Å². The molecule has 1 fully saturated rings. The maximum absolute atomic E-state index is 12.1. The lowest BCUT2D eigenvalue weighted by molar-refractivity contribution is 0.193. The molecule has 1 aromatic rings. The summed E-state index contributed by atoms with van der Waals surface area (Å²) in [4.78, 5) is 14.0. The van der Waals surface area contributed by atoms with Crippen molar-refractivity contribution in [2.24, 2.45) is 0 Å². The smallest absolute Gasteiger partial charge is 0.317 e. The molecule has 1 N–H and O–H groups in total. The lowest BCUT2D eigenvalue weighted by Gasteiger charge is -2.25. The lowest BCUT2D eigenvalue weighted by atomic mass is 10.0. The van der Waals surface area contributed by atoms with E-state index < -0.39 is 0 Å². The predicted octanol–water partition coefficient (Wildman–Crippen LogP) is 2.60. The molecule has 2 rings (SSSR count). The van der Waals surface area contributed by atoms with Gasteiger partial charge in [0, 0.05) is 19.1 Å². The van der Waals surface area contributed by atoms with Crippen LogP contribution in [0.25, 0.3) is 0 Å². The fourth-order valence-corrected chi connectivity index (χ4v) is 2.61. The number of rotatable bonds is 5. The van der Waals surface area contributed by atoms with Crippen LogP contribution in [0.4, 0.5) is 4.79 Å². The van der Waals surface area contributed by atoms with E-state index in [1.165, 1.54) is 5.56 Å². The molecule has 0 aromatic heterocycles. The zero-order valence-corrected chi connectivity index (χ0v) is 12.0. The van der Waals surface area contributed by atoms with Crippen molar-refractivity contribution in [1.82, 2.24) is 10.2 Å². The largest absolute Gasteiger partial charge is 0.497 e. The average Bonchev–Trinajstić information content (AvgIpc) is 2.94. The average molecular weight is 274 g/mol. The van der Waals surface area contributed by atoms with Gasteiger partial charge < -0.3 is 15.0 Å². The zero-order valence-electron chi connectivity index (χ0n) is 12.0. The molecular weight excluding hydrogens is 252 g/mol. The van der Waals surface area contributed by atoms with Gasteiger partial charge in [0.1, 0.15) is 5.75 Å². The lowest BCUT2D eigenvalue weighted by Crippen LogP contribution is -2.43. The third kappa shape index (κ3) is 3.53. The highest BCUT2D eigenvalue weighted by Crippen LogP contribution is 2.22. The molecule has 1 atom stereocenters. The van der Waals surface area contributed by atoms with E-state index in [0.717, 1.165) is 31.6 Å². The third-order valence-corrected chi connectivity index (χ3v) is 3.67. The Kier molecular flexibility index (Phi) is 5.04. The topological polar surface area (TPSA) is 41.6 Å². The van der Waals surface area contributed by atoms with Gasteiger partial charge >= 0.3 is 6.03 Å². The highest BCUT2D eigenvalue weighted by molar-refractivity contribution is 5.75. The molecule has 4 heteroatoms. The van der Waals surface area contributed by atoms with Crippen molar-refractivity contribution in [3.05, 3.63) is 42.5 Å². The number of urea groups is 1. The monoisotopic (exact) mass is 274 g/mol. The van der Waals surface area contributed by atoms with E-state index in [2.05, 4.69) is 24.0 Å². The molecule has 2 amide bonds. The van der Waals surface area contributed by atoms with E-state index in [0.29, 0.717) is 6.54 Å². The SMILES string of the molecule is C=CCNC(=O)N1CCC[C@@H]1Cc1ccc(OC)cc1. The summed E-state index contributed by atoms with van der Waals surface area (Å²) in [5.41, 5.74) is 1.24. The number of nitrogens with zero attached hydrogens (tertiary/aromatic N) is 1. The van der Waals surface area contributed by atoms with E-state index in [9.17, 15) is 4.79 Å². The van der Waals surface area contributed by atoms with Gasteiger partial charge in [0.15, 0.2) is 0 Å². The van der Waals surface area contributed by atoms with E-state index in [1.807, 2.05) is 17.0 Å². The molecule has 0 radical (unpaired) electrons. The molecule has 0 unspecified atom stereocenters. The zero-order chi connectivity index (χ0) is 14.4. The van der Waals surface area contributed by atoms with E-state index in [-0.39, 0.29) is 12.1 Å². The first kappa shape index (κ1) is 14.4. The van der Waals surface area contributed by atoms with Crippen molar-refractivity contribution in [2.45, 2.75) is 25.3 Å². The Morgan fingerprint density at radius 3 is 2.90 bits per heavy atom. The molecule has 20 heavy (non-hydrogen) atoms. The Labute approximate surface area is 120 Å². The van der Waals surface area contributed by atoms with Crippen LogP contribution in [0.15, 0.2) is 36.9 Å². The van der Waals surface area contributed by atoms with Crippen LogP contribution in [-0.2, 0) is 6.42 Å². The van der Waals surface area contributed by atoms with Crippen molar-refractivity contribution < 1.29 is 9.53 Å². The Morgan fingerprint density at radius 1 is 1.50 bits per heavy atom. The number of methoxy groups -OCH3 is 1. The predicted molar refractivity (Wildman–Crippen MR) is 80.0 cm³/mol. The molecule has 0 spiro atoms. The Balaban J connectivity index is 1.96. The fraction of sp³-hybridized carbons (Fsp3) is 0.438. The number of amides is 2. The molecule has 0 saturated carbocycles. The van der Waals surface area contributed by atoms with E-state index in [1.54, 1.807) is 13.2 Å². The molecule has 4 nitrogen and oxygen atoms in total. The number of nitrogens with one attached hydrogen (secondary N) is 1. The van der Waals surface area contributed by atoms with Crippen LogP contribution < -0.4 is 10.1 Å². The molecule has 0 aliphatic carbocycles. The first-order valence-corrected chi connectivity index (χ1v) is 7.03. The fourth-order valence-electron chi connectivity index (χ4n) is 2.61. The summed E-state index contributed by atoms with van der Waals surface area (Å²) >= 11 is 0. The van der Waals surface area contributed by atoms with E-state index in [4.69, 9.17) is 4.74 Å². The van der Waals surface area contributed by atoms with Gasteiger partial charge in [-0.3, -0.25) is 0 Å². The first-order valence-electron chi connectivity index (χ1n) is 7.03. The van der Waals surface area contributed by atoms with Crippen molar-refractivity contribution in [2.75, 3.05) is 20.2 Å². The number of ether oxygens (including phenoxy) is 1. The molecule has 1 aliphatic rings. The summed E-state index contributed by atoms with van der Waals surface area (Å²) in [7, 11) is 1.66. The van der Waals surface area contributed by atoms with E-state index >= 15 is 0 Å². The van der Waals surface area contributed by atoms with Gasteiger partial charge in [0.05, 0.1) is 7.11 Å². The minimum absolute atomic E-state index is 0.0147. The number of benzene rings is 1. The second kappa shape index (κ2) is 6.98. The van der Waals surface area contributed by atoms with Crippen LogP contribution in [0.3, 0.4) is 0 Å². The number of carbonyl (C=O) groups is 1. The third-order valence-electron chi connectivity index (χ3n) is 3.67. The van der Waals surface area contributed by atoms with Gasteiger partial charge in [-0.25, -0.2) is 4.79 Å². The molecule has 1 aromatic carbocycles. The highest BCUT2D eigenvalue weighted by atomic mass is 16.5. The quantitative estimate of drug-likeness (QED) is 0.839. The second-order valence-electron chi connectivity index (χ2n) is 5.02. The van der Waals surface area contributed by atoms with Crippen LogP contribution in [0.2, 0.25) is 0 Å². The molecular formula is C16H22N2O2. The standard InChI is InChI=1S/C16H22N2O2/c1-3-10-17-16(19)18-11-4-5-14(18)12-13-6-8-15(20-2)9-7-13/h3,6-9,14H,1,4-5,10-12H2,2H3,(H,17,19)/t14-/m1/s1. The van der Waals surface area contributed by atoms with Crippen molar-refractivity contribution in [3.63, 3.8) is 0 Å². The van der Waals surface area contributed by atoms with Crippen molar-refractivity contribution in [3.8, 4) is 5.75 Å². The summed E-state index contributed by atoms with van der Waals surface area (Å²) in [5.74, 6) is 0.862. The maximum atomic E-state index is 12.1. The minimum atomic E-state index is 0.0147. The van der Waals surface area contributed by atoms with Crippen molar-refractivity contribution >= 4 is 6.03 Å². The summed E-state index contributed by atoms with van der Waals surface area (Å²) in [6.45, 7) is 4.97. The van der Waals surface area contributed by atoms with Crippen LogP contribution in [0, 0.1) is 0 Å². The van der Waals surface area contributed by atoms with Gasteiger partial charge in [0.25, 0.3) is 0 Å². The summed E-state index contributed by atoms with van der Waals surface area (Å²) in [5, 5.41) is 2.86. The van der Waals surface area contributed by atoms with Gasteiger partial charge in [0.2, 0.25) is 0 Å². The van der Waals surface area contributed by atoms with Gasteiger partial charge in [-0.15, -0.1) is 6.58 Å². The van der Waals surface area contributed by atoms with Gasteiger partial charge in [-0.05, 0) is 37.0 Å². The Hall–Kier alpha value is -1.97. The molecule has 108 valence electrons. The first-order chi connectivity index (χ1) is 9.74. The summed E-state index contributed by atoms with van der Waals surface area (Å²) in [6.07, 6.45) is 4.73. The number of likely N-dealkylation sites (tertiary alicyclic amines) is 1. The molecule has 1 heterocycles. The highest BCUT2D eigenvalue weighted by Gasteiger charge is 2.28. The normalized spacial score (nSPS) is 17.9.